The van der Waals surface area contributed by atoms with Gasteiger partial charge in [0.25, 0.3) is 5.69 Å². The molecule has 4 rings (SSSR count). The maximum Gasteiger partial charge on any atom is 0.269 e. The van der Waals surface area contributed by atoms with Crippen LogP contribution in [0.4, 0.5) is 11.5 Å². The van der Waals surface area contributed by atoms with Crippen molar-refractivity contribution in [2.45, 2.75) is 13.0 Å². The van der Waals surface area contributed by atoms with Gasteiger partial charge in [-0.3, -0.25) is 10.1 Å². The highest BCUT2D eigenvalue weighted by atomic mass is 35.5. The Morgan fingerprint density at radius 3 is 2.47 bits per heavy atom. The van der Waals surface area contributed by atoms with Crippen LogP contribution in [0.15, 0.2) is 67.0 Å². The average Bonchev–Trinajstić information content (AvgIpc) is 2.74. The summed E-state index contributed by atoms with van der Waals surface area (Å²) >= 11 is 12.4. The normalized spacial score (nSPS) is 12.0. The number of non-ortho nitro benzene ring substituents is 1. The number of benzene rings is 3. The summed E-state index contributed by atoms with van der Waals surface area (Å²) in [4.78, 5) is 19.2. The fourth-order valence-electron chi connectivity index (χ4n) is 3.24. The lowest BCUT2D eigenvalue weighted by atomic mass is 10.0. The van der Waals surface area contributed by atoms with Gasteiger partial charge in [0.15, 0.2) is 0 Å². The van der Waals surface area contributed by atoms with Gasteiger partial charge in [-0.15, -0.1) is 0 Å². The first-order chi connectivity index (χ1) is 14.4. The van der Waals surface area contributed by atoms with Gasteiger partial charge in [-0.05, 0) is 42.3 Å². The fraction of sp³-hybridized carbons (Fsp3) is 0.0909. The van der Waals surface area contributed by atoms with Crippen LogP contribution in [-0.2, 0) is 0 Å². The summed E-state index contributed by atoms with van der Waals surface area (Å²) in [6.07, 6.45) is 1.50. The standard InChI is InChI=1S/C22H16Cl2N4O2/c1-13(14-2-6-17(7-3-14)28(29)30)27-22-19-10-15(4-9-21(19)25-12-26-22)18-8-5-16(23)11-20(18)24/h2-13H,1H3,(H,25,26,27). The smallest absolute Gasteiger partial charge is 0.269 e. The Morgan fingerprint density at radius 2 is 1.77 bits per heavy atom. The molecule has 0 aliphatic heterocycles. The summed E-state index contributed by atoms with van der Waals surface area (Å²) in [5, 5.41) is 16.2. The molecule has 1 heterocycles. The lowest BCUT2D eigenvalue weighted by molar-refractivity contribution is -0.384. The molecule has 1 N–H and O–H groups in total. The molecule has 1 atom stereocenters. The third kappa shape index (κ3) is 4.06. The number of hydrogen-bond donors (Lipinski definition) is 1. The van der Waals surface area contributed by atoms with Crippen LogP contribution in [0, 0.1) is 10.1 Å². The molecule has 0 aliphatic carbocycles. The van der Waals surface area contributed by atoms with Crippen molar-refractivity contribution in [3.05, 3.63) is 92.7 Å². The Balaban J connectivity index is 1.69. The van der Waals surface area contributed by atoms with Crippen molar-refractivity contribution < 1.29 is 4.92 Å². The highest BCUT2D eigenvalue weighted by Gasteiger charge is 2.13. The van der Waals surface area contributed by atoms with E-state index in [9.17, 15) is 10.1 Å². The molecule has 0 bridgehead atoms. The lowest BCUT2D eigenvalue weighted by Gasteiger charge is -2.16. The Morgan fingerprint density at radius 1 is 1.00 bits per heavy atom. The van der Waals surface area contributed by atoms with Crippen LogP contribution in [0.25, 0.3) is 22.0 Å². The van der Waals surface area contributed by atoms with Crippen LogP contribution in [-0.4, -0.2) is 14.9 Å². The second-order valence-corrected chi connectivity index (χ2v) is 7.64. The van der Waals surface area contributed by atoms with Crippen LogP contribution < -0.4 is 5.32 Å². The van der Waals surface area contributed by atoms with Crippen molar-refractivity contribution in [3.63, 3.8) is 0 Å². The van der Waals surface area contributed by atoms with Crippen molar-refractivity contribution in [1.29, 1.82) is 0 Å². The van der Waals surface area contributed by atoms with Gasteiger partial charge in [-0.1, -0.05) is 47.5 Å². The van der Waals surface area contributed by atoms with Gasteiger partial charge in [0.2, 0.25) is 0 Å². The molecule has 0 spiro atoms. The first-order valence-corrected chi connectivity index (χ1v) is 9.89. The van der Waals surface area contributed by atoms with E-state index in [0.717, 1.165) is 27.6 Å². The molecule has 1 unspecified atom stereocenters. The zero-order chi connectivity index (χ0) is 21.3. The Labute approximate surface area is 182 Å². The minimum absolute atomic E-state index is 0.0583. The van der Waals surface area contributed by atoms with Crippen molar-refractivity contribution in [1.82, 2.24) is 9.97 Å². The Bertz CT molecular complexity index is 1250. The van der Waals surface area contributed by atoms with E-state index in [1.54, 1.807) is 24.3 Å². The number of aromatic nitrogens is 2. The number of nitro groups is 1. The van der Waals surface area contributed by atoms with Crippen molar-refractivity contribution in [3.8, 4) is 11.1 Å². The van der Waals surface area contributed by atoms with E-state index in [-0.39, 0.29) is 11.7 Å². The third-order valence-corrected chi connectivity index (χ3v) is 5.38. The van der Waals surface area contributed by atoms with Crippen LogP contribution in [0.2, 0.25) is 10.0 Å². The van der Waals surface area contributed by atoms with Crippen LogP contribution >= 0.6 is 23.2 Å². The van der Waals surface area contributed by atoms with Gasteiger partial charge in [-0.25, -0.2) is 9.97 Å². The minimum Gasteiger partial charge on any atom is -0.363 e. The molecule has 0 amide bonds. The Hall–Kier alpha value is -3.22. The molecule has 6 nitrogen and oxygen atoms in total. The van der Waals surface area contributed by atoms with Crippen LogP contribution in [0.5, 0.6) is 0 Å². The van der Waals surface area contributed by atoms with Crippen molar-refractivity contribution >= 4 is 45.6 Å². The van der Waals surface area contributed by atoms with E-state index < -0.39 is 4.92 Å². The van der Waals surface area contributed by atoms with Gasteiger partial charge >= 0.3 is 0 Å². The maximum absolute atomic E-state index is 10.9. The first kappa shape index (κ1) is 20.1. The van der Waals surface area contributed by atoms with Crippen LogP contribution in [0.3, 0.4) is 0 Å². The van der Waals surface area contributed by atoms with E-state index in [1.807, 2.05) is 31.2 Å². The first-order valence-electron chi connectivity index (χ1n) is 9.13. The molecular formula is C22H16Cl2N4O2. The zero-order valence-corrected chi connectivity index (χ0v) is 17.4. The number of halogens is 2. The zero-order valence-electron chi connectivity index (χ0n) is 15.8. The molecule has 0 radical (unpaired) electrons. The summed E-state index contributed by atoms with van der Waals surface area (Å²) in [5.41, 5.74) is 3.54. The van der Waals surface area contributed by atoms with Gasteiger partial charge in [0.05, 0.1) is 10.4 Å². The van der Waals surface area contributed by atoms with E-state index in [4.69, 9.17) is 23.2 Å². The van der Waals surface area contributed by atoms with Crippen molar-refractivity contribution in [2.75, 3.05) is 5.32 Å². The predicted octanol–water partition coefficient (Wildman–Crippen LogP) is 6.68. The number of nitrogens with zero attached hydrogens (tertiary/aromatic N) is 3. The second-order valence-electron chi connectivity index (χ2n) is 6.79. The molecule has 0 saturated carbocycles. The SMILES string of the molecule is CC(Nc1ncnc2ccc(-c3ccc(Cl)cc3Cl)cc12)c1ccc([N+](=O)[O-])cc1. The number of nitrogens with one attached hydrogen (secondary N) is 1. The maximum atomic E-state index is 10.9. The number of hydrogen-bond acceptors (Lipinski definition) is 5. The van der Waals surface area contributed by atoms with Gasteiger partial charge in [0, 0.05) is 39.2 Å². The lowest BCUT2D eigenvalue weighted by Crippen LogP contribution is -2.08. The number of anilines is 1. The quantitative estimate of drug-likeness (QED) is 0.277. The monoisotopic (exact) mass is 438 g/mol. The molecule has 0 aliphatic rings. The number of fused-ring (bicyclic) bond motifs is 1. The molecular weight excluding hydrogens is 423 g/mol. The van der Waals surface area contributed by atoms with E-state index >= 15 is 0 Å². The Kier molecular flexibility index (Phi) is 5.53. The van der Waals surface area contributed by atoms with E-state index in [0.29, 0.717) is 15.9 Å². The summed E-state index contributed by atoms with van der Waals surface area (Å²) < 4.78 is 0. The average molecular weight is 439 g/mol. The molecule has 150 valence electrons. The highest BCUT2D eigenvalue weighted by molar-refractivity contribution is 6.36. The molecule has 0 saturated heterocycles. The van der Waals surface area contributed by atoms with E-state index in [1.165, 1.54) is 18.5 Å². The molecule has 1 aromatic heterocycles. The largest absolute Gasteiger partial charge is 0.363 e. The highest BCUT2D eigenvalue weighted by Crippen LogP contribution is 2.34. The van der Waals surface area contributed by atoms with Gasteiger partial charge in [0.1, 0.15) is 12.1 Å². The summed E-state index contributed by atoms with van der Waals surface area (Å²) in [5.74, 6) is 0.665. The summed E-state index contributed by atoms with van der Waals surface area (Å²) in [6, 6.07) is 17.6. The predicted molar refractivity (Wildman–Crippen MR) is 120 cm³/mol. The minimum atomic E-state index is -0.413. The van der Waals surface area contributed by atoms with Crippen LogP contribution in [0.1, 0.15) is 18.5 Å². The third-order valence-electron chi connectivity index (χ3n) is 4.83. The summed E-state index contributed by atoms with van der Waals surface area (Å²) in [7, 11) is 0. The summed E-state index contributed by atoms with van der Waals surface area (Å²) in [6.45, 7) is 1.97. The molecule has 8 heteroatoms. The number of rotatable bonds is 5. The van der Waals surface area contributed by atoms with Gasteiger partial charge < -0.3 is 5.32 Å². The molecule has 0 fully saturated rings. The van der Waals surface area contributed by atoms with Gasteiger partial charge in [-0.2, -0.15) is 0 Å². The van der Waals surface area contributed by atoms with E-state index in [2.05, 4.69) is 15.3 Å². The molecule has 4 aromatic rings. The second kappa shape index (κ2) is 8.26. The fourth-order valence-corrected chi connectivity index (χ4v) is 3.75. The molecule has 30 heavy (non-hydrogen) atoms. The number of nitro benzene ring substituents is 1. The topological polar surface area (TPSA) is 81.0 Å². The molecule has 3 aromatic carbocycles. The van der Waals surface area contributed by atoms with Crippen molar-refractivity contribution in [2.24, 2.45) is 0 Å².